The van der Waals surface area contributed by atoms with Crippen molar-refractivity contribution in [3.8, 4) is 11.8 Å². The van der Waals surface area contributed by atoms with E-state index in [9.17, 15) is 4.79 Å². The van der Waals surface area contributed by atoms with E-state index >= 15 is 0 Å². The molecule has 0 unspecified atom stereocenters. The Balaban J connectivity index is 2.02. The van der Waals surface area contributed by atoms with Crippen LogP contribution in [0.3, 0.4) is 0 Å². The zero-order valence-corrected chi connectivity index (χ0v) is 9.48. The maximum absolute atomic E-state index is 11.1. The molecule has 0 saturated heterocycles. The summed E-state index contributed by atoms with van der Waals surface area (Å²) in [6.45, 7) is 1.31. The van der Waals surface area contributed by atoms with E-state index in [1.165, 1.54) is 0 Å². The maximum Gasteiger partial charge on any atom is 0.234 e. The fourth-order valence-electron chi connectivity index (χ4n) is 1.16. The van der Waals surface area contributed by atoms with Crippen LogP contribution in [-0.4, -0.2) is 32.1 Å². The topological polar surface area (TPSA) is 74.2 Å². The van der Waals surface area contributed by atoms with Gasteiger partial charge in [0.05, 0.1) is 12.6 Å². The molecule has 0 spiro atoms. The van der Waals surface area contributed by atoms with Crippen LogP contribution in [0.5, 0.6) is 5.75 Å². The van der Waals surface area contributed by atoms with Crippen molar-refractivity contribution >= 4 is 5.91 Å². The second-order valence-corrected chi connectivity index (χ2v) is 3.27. The van der Waals surface area contributed by atoms with Crippen molar-refractivity contribution < 1.29 is 9.53 Å². The summed E-state index contributed by atoms with van der Waals surface area (Å²) in [6.07, 6.45) is 0. The quantitative estimate of drug-likeness (QED) is 0.524. The van der Waals surface area contributed by atoms with Crippen LogP contribution in [0.15, 0.2) is 30.3 Å². The summed E-state index contributed by atoms with van der Waals surface area (Å²) in [4.78, 5) is 11.1. The van der Waals surface area contributed by atoms with E-state index in [1.54, 1.807) is 0 Å². The maximum atomic E-state index is 11.1. The smallest absolute Gasteiger partial charge is 0.234 e. The van der Waals surface area contributed by atoms with E-state index in [0.717, 1.165) is 5.75 Å². The summed E-state index contributed by atoms with van der Waals surface area (Å²) in [5.41, 5.74) is 0. The van der Waals surface area contributed by atoms with Gasteiger partial charge in [0.1, 0.15) is 18.9 Å². The lowest BCUT2D eigenvalue weighted by atomic mass is 10.3. The van der Waals surface area contributed by atoms with E-state index < -0.39 is 0 Å². The number of carbonyl (C=O) groups is 1. The first-order chi connectivity index (χ1) is 8.33. The number of rotatable bonds is 7. The van der Waals surface area contributed by atoms with Gasteiger partial charge in [-0.2, -0.15) is 5.26 Å². The highest BCUT2D eigenvalue weighted by molar-refractivity contribution is 5.78. The van der Waals surface area contributed by atoms with Crippen LogP contribution in [0.2, 0.25) is 0 Å². The first-order valence-electron chi connectivity index (χ1n) is 5.35. The minimum atomic E-state index is -0.189. The van der Waals surface area contributed by atoms with Crippen LogP contribution in [0.25, 0.3) is 0 Å². The number of ether oxygens (including phenoxy) is 1. The summed E-state index contributed by atoms with van der Waals surface area (Å²) < 4.78 is 5.42. The van der Waals surface area contributed by atoms with Gasteiger partial charge in [-0.25, -0.2) is 0 Å². The van der Waals surface area contributed by atoms with Crippen LogP contribution in [0.1, 0.15) is 0 Å². The number of amides is 1. The first-order valence-corrected chi connectivity index (χ1v) is 5.35. The zero-order valence-electron chi connectivity index (χ0n) is 9.48. The lowest BCUT2D eigenvalue weighted by molar-refractivity contribution is -0.120. The molecular weight excluding hydrogens is 218 g/mol. The molecule has 0 bridgehead atoms. The molecule has 5 heteroatoms. The standard InChI is InChI=1S/C12H15N3O2/c13-6-7-15-12(16)10-14-8-9-17-11-4-2-1-3-5-11/h1-5,14H,7-10H2,(H,15,16). The molecule has 0 aliphatic carbocycles. The van der Waals surface area contributed by atoms with Gasteiger partial charge in [-0.15, -0.1) is 0 Å². The molecule has 5 nitrogen and oxygen atoms in total. The third-order valence-corrected chi connectivity index (χ3v) is 1.94. The molecule has 0 saturated carbocycles. The normalized spacial score (nSPS) is 9.35. The van der Waals surface area contributed by atoms with Gasteiger partial charge < -0.3 is 15.4 Å². The minimum absolute atomic E-state index is 0.0427. The second-order valence-electron chi connectivity index (χ2n) is 3.27. The van der Waals surface area contributed by atoms with E-state index in [2.05, 4.69) is 10.6 Å². The average molecular weight is 233 g/mol. The van der Waals surface area contributed by atoms with Crippen molar-refractivity contribution in [3.05, 3.63) is 30.3 Å². The Labute approximate surface area is 100 Å². The number of para-hydroxylation sites is 1. The molecule has 1 amide bonds. The number of nitriles is 1. The van der Waals surface area contributed by atoms with Gasteiger partial charge in [-0.05, 0) is 12.1 Å². The average Bonchev–Trinajstić information content (AvgIpc) is 2.37. The molecule has 1 aromatic carbocycles. The Hall–Kier alpha value is -2.06. The second kappa shape index (κ2) is 8.13. The fourth-order valence-corrected chi connectivity index (χ4v) is 1.16. The van der Waals surface area contributed by atoms with Gasteiger partial charge >= 0.3 is 0 Å². The molecule has 0 atom stereocenters. The molecule has 0 fully saturated rings. The Morgan fingerprint density at radius 3 is 2.82 bits per heavy atom. The lowest BCUT2D eigenvalue weighted by Gasteiger charge is -2.06. The summed E-state index contributed by atoms with van der Waals surface area (Å²) >= 11 is 0. The number of benzene rings is 1. The SMILES string of the molecule is N#CCNC(=O)CNCCOc1ccccc1. The van der Waals surface area contributed by atoms with Gasteiger partial charge in [0, 0.05) is 6.54 Å². The predicted octanol–water partition coefficient (Wildman–Crippen LogP) is 0.295. The predicted molar refractivity (Wildman–Crippen MR) is 63.4 cm³/mol. The van der Waals surface area contributed by atoms with E-state index in [0.29, 0.717) is 13.2 Å². The van der Waals surface area contributed by atoms with Crippen LogP contribution in [-0.2, 0) is 4.79 Å². The van der Waals surface area contributed by atoms with Crippen LogP contribution >= 0.6 is 0 Å². The Morgan fingerprint density at radius 2 is 2.12 bits per heavy atom. The highest BCUT2D eigenvalue weighted by Crippen LogP contribution is 2.07. The molecule has 0 heterocycles. The lowest BCUT2D eigenvalue weighted by Crippen LogP contribution is -2.35. The van der Waals surface area contributed by atoms with Crippen LogP contribution in [0.4, 0.5) is 0 Å². The van der Waals surface area contributed by atoms with Crippen molar-refractivity contribution in [2.45, 2.75) is 0 Å². The Bertz CT molecular complexity index is 373. The first kappa shape index (κ1) is 13.0. The molecule has 1 rings (SSSR count). The number of hydrogen-bond acceptors (Lipinski definition) is 4. The highest BCUT2D eigenvalue weighted by atomic mass is 16.5. The van der Waals surface area contributed by atoms with Crippen molar-refractivity contribution in [2.75, 3.05) is 26.2 Å². The molecule has 2 N–H and O–H groups in total. The van der Waals surface area contributed by atoms with Crippen LogP contribution < -0.4 is 15.4 Å². The van der Waals surface area contributed by atoms with E-state index in [4.69, 9.17) is 10.00 Å². The third kappa shape index (κ3) is 6.17. The molecule has 90 valence electrons. The number of hydrogen-bond donors (Lipinski definition) is 2. The number of nitrogens with zero attached hydrogens (tertiary/aromatic N) is 1. The summed E-state index contributed by atoms with van der Waals surface area (Å²) in [7, 11) is 0. The molecule has 0 aromatic heterocycles. The number of carbonyl (C=O) groups excluding carboxylic acids is 1. The van der Waals surface area contributed by atoms with Gasteiger partial charge in [-0.3, -0.25) is 4.79 Å². The minimum Gasteiger partial charge on any atom is -0.492 e. The van der Waals surface area contributed by atoms with Gasteiger partial charge in [-0.1, -0.05) is 18.2 Å². The molecule has 0 radical (unpaired) electrons. The fraction of sp³-hybridized carbons (Fsp3) is 0.333. The summed E-state index contributed by atoms with van der Waals surface area (Å²) in [6, 6.07) is 11.3. The molecule has 0 aliphatic heterocycles. The molecular formula is C12H15N3O2. The summed E-state index contributed by atoms with van der Waals surface area (Å²) in [5.74, 6) is 0.620. The van der Waals surface area contributed by atoms with E-state index in [1.807, 2.05) is 36.4 Å². The summed E-state index contributed by atoms with van der Waals surface area (Å²) in [5, 5.41) is 13.6. The largest absolute Gasteiger partial charge is 0.492 e. The van der Waals surface area contributed by atoms with E-state index in [-0.39, 0.29) is 19.0 Å². The third-order valence-electron chi connectivity index (χ3n) is 1.94. The molecule has 1 aromatic rings. The highest BCUT2D eigenvalue weighted by Gasteiger charge is 1.98. The Morgan fingerprint density at radius 1 is 1.35 bits per heavy atom. The monoisotopic (exact) mass is 233 g/mol. The van der Waals surface area contributed by atoms with Gasteiger partial charge in [0.25, 0.3) is 0 Å². The zero-order chi connectivity index (χ0) is 12.3. The molecule has 17 heavy (non-hydrogen) atoms. The van der Waals surface area contributed by atoms with Crippen LogP contribution in [0, 0.1) is 11.3 Å². The van der Waals surface area contributed by atoms with Crippen molar-refractivity contribution in [1.82, 2.24) is 10.6 Å². The van der Waals surface area contributed by atoms with Crippen molar-refractivity contribution in [2.24, 2.45) is 0 Å². The van der Waals surface area contributed by atoms with Gasteiger partial charge in [0.2, 0.25) is 5.91 Å². The molecule has 0 aliphatic rings. The van der Waals surface area contributed by atoms with Crippen molar-refractivity contribution in [1.29, 1.82) is 5.26 Å². The Kier molecular flexibility index (Phi) is 6.22. The number of nitrogens with one attached hydrogen (secondary N) is 2. The van der Waals surface area contributed by atoms with Crippen molar-refractivity contribution in [3.63, 3.8) is 0 Å². The van der Waals surface area contributed by atoms with Gasteiger partial charge in [0.15, 0.2) is 0 Å².